The summed E-state index contributed by atoms with van der Waals surface area (Å²) in [6.45, 7) is 4.14. The molecule has 0 aliphatic heterocycles. The molecule has 0 bridgehead atoms. The molecule has 0 aliphatic rings. The van der Waals surface area contributed by atoms with Crippen LogP contribution >= 0.6 is 11.3 Å². The lowest BCUT2D eigenvalue weighted by Gasteiger charge is -2.06. The Labute approximate surface area is 115 Å². The standard InChI is InChI=1S/C13H15N5S/c1-3-9-11(14)10(4-2)18(17-9)12-8-5-6-19-13(8)16-7-15-12/h5-7H,3-4,14H2,1-2H3. The summed E-state index contributed by atoms with van der Waals surface area (Å²) in [5.74, 6) is 0.814. The maximum Gasteiger partial charge on any atom is 0.165 e. The van der Waals surface area contributed by atoms with E-state index in [4.69, 9.17) is 5.73 Å². The number of aryl methyl sites for hydroxylation is 1. The van der Waals surface area contributed by atoms with Crippen molar-refractivity contribution in [3.63, 3.8) is 0 Å². The first-order chi connectivity index (χ1) is 9.26. The summed E-state index contributed by atoms with van der Waals surface area (Å²) in [6.07, 6.45) is 3.23. The van der Waals surface area contributed by atoms with Gasteiger partial charge in [0.05, 0.1) is 22.5 Å². The van der Waals surface area contributed by atoms with Crippen LogP contribution in [-0.4, -0.2) is 19.7 Å². The second-order valence-electron chi connectivity index (χ2n) is 4.26. The molecule has 3 rings (SSSR count). The van der Waals surface area contributed by atoms with E-state index in [0.717, 1.165) is 46.0 Å². The molecule has 2 N–H and O–H groups in total. The summed E-state index contributed by atoms with van der Waals surface area (Å²) in [7, 11) is 0. The van der Waals surface area contributed by atoms with Crippen LogP contribution in [0.5, 0.6) is 0 Å². The number of rotatable bonds is 3. The first-order valence-corrected chi connectivity index (χ1v) is 7.19. The second kappa shape index (κ2) is 4.62. The van der Waals surface area contributed by atoms with Gasteiger partial charge in [-0.05, 0) is 24.3 Å². The molecule has 3 aromatic heterocycles. The normalized spacial score (nSPS) is 11.3. The molecule has 0 aromatic carbocycles. The number of nitrogens with two attached hydrogens (primary N) is 1. The molecule has 0 saturated heterocycles. The molecule has 0 spiro atoms. The Morgan fingerprint density at radius 1 is 1.26 bits per heavy atom. The van der Waals surface area contributed by atoms with Gasteiger partial charge in [0.25, 0.3) is 0 Å². The fraction of sp³-hybridized carbons (Fsp3) is 0.308. The van der Waals surface area contributed by atoms with Crippen molar-refractivity contribution in [2.24, 2.45) is 0 Å². The van der Waals surface area contributed by atoms with Crippen molar-refractivity contribution in [3.8, 4) is 5.82 Å². The van der Waals surface area contributed by atoms with Gasteiger partial charge < -0.3 is 5.73 Å². The molecule has 3 aromatic rings. The Kier molecular flexibility index (Phi) is 2.94. The quantitative estimate of drug-likeness (QED) is 0.796. The van der Waals surface area contributed by atoms with Crippen LogP contribution < -0.4 is 5.73 Å². The fourth-order valence-electron chi connectivity index (χ4n) is 2.24. The molecule has 0 unspecified atom stereocenters. The van der Waals surface area contributed by atoms with Crippen LogP contribution in [-0.2, 0) is 12.8 Å². The molecule has 0 atom stereocenters. The van der Waals surface area contributed by atoms with Crippen molar-refractivity contribution in [3.05, 3.63) is 29.2 Å². The molecular formula is C13H15N5S. The average molecular weight is 273 g/mol. The lowest BCUT2D eigenvalue weighted by molar-refractivity contribution is 0.776. The highest BCUT2D eigenvalue weighted by atomic mass is 32.1. The maximum atomic E-state index is 6.16. The zero-order valence-electron chi connectivity index (χ0n) is 10.9. The number of fused-ring (bicyclic) bond motifs is 1. The van der Waals surface area contributed by atoms with E-state index in [1.54, 1.807) is 17.7 Å². The molecular weight excluding hydrogens is 258 g/mol. The first-order valence-electron chi connectivity index (χ1n) is 6.31. The van der Waals surface area contributed by atoms with Crippen molar-refractivity contribution in [1.82, 2.24) is 19.7 Å². The van der Waals surface area contributed by atoms with Gasteiger partial charge in [-0.2, -0.15) is 5.10 Å². The van der Waals surface area contributed by atoms with Gasteiger partial charge in [0, 0.05) is 0 Å². The summed E-state index contributed by atoms with van der Waals surface area (Å²) < 4.78 is 1.87. The molecule has 3 heterocycles. The molecule has 19 heavy (non-hydrogen) atoms. The Hall–Kier alpha value is -1.95. The van der Waals surface area contributed by atoms with Crippen molar-refractivity contribution < 1.29 is 0 Å². The van der Waals surface area contributed by atoms with Gasteiger partial charge in [-0.1, -0.05) is 13.8 Å². The van der Waals surface area contributed by atoms with Crippen LogP contribution in [0.25, 0.3) is 16.0 Å². The Bertz CT molecular complexity index is 728. The maximum absolute atomic E-state index is 6.16. The van der Waals surface area contributed by atoms with Gasteiger partial charge in [0.1, 0.15) is 11.2 Å². The predicted octanol–water partition coefficient (Wildman–Crippen LogP) is 2.58. The largest absolute Gasteiger partial charge is 0.396 e. The fourth-order valence-corrected chi connectivity index (χ4v) is 2.97. The van der Waals surface area contributed by atoms with Crippen LogP contribution in [0, 0.1) is 0 Å². The Morgan fingerprint density at radius 3 is 2.84 bits per heavy atom. The van der Waals surface area contributed by atoms with Crippen molar-refractivity contribution >= 4 is 27.2 Å². The SMILES string of the molecule is CCc1nn(-c2ncnc3sccc23)c(CC)c1N. The zero-order chi connectivity index (χ0) is 13.4. The van der Waals surface area contributed by atoms with Gasteiger partial charge in [-0.25, -0.2) is 14.6 Å². The average Bonchev–Trinajstić information content (AvgIpc) is 3.02. The third-order valence-corrected chi connectivity index (χ3v) is 4.03. The number of nitrogens with zero attached hydrogens (tertiary/aromatic N) is 4. The summed E-state index contributed by atoms with van der Waals surface area (Å²) in [5.41, 5.74) is 8.89. The van der Waals surface area contributed by atoms with Crippen LogP contribution in [0.1, 0.15) is 25.2 Å². The van der Waals surface area contributed by atoms with E-state index < -0.39 is 0 Å². The molecule has 5 nitrogen and oxygen atoms in total. The number of hydrogen-bond donors (Lipinski definition) is 1. The van der Waals surface area contributed by atoms with Crippen LogP contribution in [0.15, 0.2) is 17.8 Å². The van der Waals surface area contributed by atoms with E-state index in [0.29, 0.717) is 0 Å². The van der Waals surface area contributed by atoms with E-state index >= 15 is 0 Å². The lowest BCUT2D eigenvalue weighted by atomic mass is 10.2. The molecule has 0 fully saturated rings. The van der Waals surface area contributed by atoms with E-state index in [9.17, 15) is 0 Å². The number of hydrogen-bond acceptors (Lipinski definition) is 5. The van der Waals surface area contributed by atoms with Gasteiger partial charge in [-0.3, -0.25) is 0 Å². The van der Waals surface area contributed by atoms with E-state index in [1.165, 1.54) is 0 Å². The van der Waals surface area contributed by atoms with E-state index in [2.05, 4.69) is 28.9 Å². The topological polar surface area (TPSA) is 69.6 Å². The summed E-state index contributed by atoms with van der Waals surface area (Å²) in [4.78, 5) is 9.63. The third kappa shape index (κ3) is 1.79. The highest BCUT2D eigenvalue weighted by Gasteiger charge is 2.17. The van der Waals surface area contributed by atoms with Crippen LogP contribution in [0.2, 0.25) is 0 Å². The van der Waals surface area contributed by atoms with Gasteiger partial charge in [-0.15, -0.1) is 11.3 Å². The predicted molar refractivity (Wildman–Crippen MR) is 77.7 cm³/mol. The Balaban J connectivity index is 2.29. The third-order valence-electron chi connectivity index (χ3n) is 3.21. The second-order valence-corrected chi connectivity index (χ2v) is 5.16. The molecule has 98 valence electrons. The zero-order valence-corrected chi connectivity index (χ0v) is 11.7. The first kappa shape index (κ1) is 12.1. The number of aromatic nitrogens is 4. The molecule has 0 saturated carbocycles. The monoisotopic (exact) mass is 273 g/mol. The molecule has 6 heteroatoms. The summed E-state index contributed by atoms with van der Waals surface area (Å²) >= 11 is 1.60. The molecule has 0 amide bonds. The van der Waals surface area contributed by atoms with Crippen molar-refractivity contribution in [2.45, 2.75) is 26.7 Å². The van der Waals surface area contributed by atoms with Gasteiger partial charge in [0.2, 0.25) is 0 Å². The minimum atomic E-state index is 0.784. The summed E-state index contributed by atoms with van der Waals surface area (Å²) in [5, 5.41) is 7.64. The highest BCUT2D eigenvalue weighted by molar-refractivity contribution is 7.16. The highest BCUT2D eigenvalue weighted by Crippen LogP contribution is 2.27. The van der Waals surface area contributed by atoms with E-state index in [1.807, 2.05) is 16.1 Å². The number of thiophene rings is 1. The minimum absolute atomic E-state index is 0.784. The van der Waals surface area contributed by atoms with Gasteiger partial charge >= 0.3 is 0 Å². The summed E-state index contributed by atoms with van der Waals surface area (Å²) in [6, 6.07) is 2.03. The number of anilines is 1. The lowest BCUT2D eigenvalue weighted by Crippen LogP contribution is -2.05. The van der Waals surface area contributed by atoms with Crippen LogP contribution in [0.3, 0.4) is 0 Å². The minimum Gasteiger partial charge on any atom is -0.396 e. The molecule has 0 aliphatic carbocycles. The molecule has 0 radical (unpaired) electrons. The number of nitrogen functional groups attached to an aromatic ring is 1. The van der Waals surface area contributed by atoms with Crippen molar-refractivity contribution in [1.29, 1.82) is 0 Å². The van der Waals surface area contributed by atoms with E-state index in [-0.39, 0.29) is 0 Å². The van der Waals surface area contributed by atoms with Crippen molar-refractivity contribution in [2.75, 3.05) is 5.73 Å². The Morgan fingerprint density at radius 2 is 2.11 bits per heavy atom. The van der Waals surface area contributed by atoms with Gasteiger partial charge in [0.15, 0.2) is 5.82 Å². The van der Waals surface area contributed by atoms with Crippen LogP contribution in [0.4, 0.5) is 5.69 Å². The smallest absolute Gasteiger partial charge is 0.165 e.